The van der Waals surface area contributed by atoms with Crippen LogP contribution in [0.4, 0.5) is 0 Å². The van der Waals surface area contributed by atoms with Gasteiger partial charge in [-0.1, -0.05) is 61.5 Å². The molecule has 1 aromatic heterocycles. The van der Waals surface area contributed by atoms with E-state index in [-0.39, 0.29) is 30.8 Å². The fraction of sp³-hybridized carbons (Fsp3) is 0.345. The minimum atomic E-state index is -1.40. The number of carbonyl (C=O) groups is 3. The second-order valence-electron chi connectivity index (χ2n) is 9.21. The number of aliphatic hydroxyl groups excluding tert-OH is 1. The van der Waals surface area contributed by atoms with Gasteiger partial charge >= 0.3 is 0 Å². The van der Waals surface area contributed by atoms with Crippen LogP contribution >= 0.6 is 11.3 Å². The molecule has 2 aromatic carbocycles. The Bertz CT molecular complexity index is 1210. The standard InChI is InChI=1S/C29H33N3O4S/c1-2-15-30-29(36)27-23(14-17-37-27)21-12-10-20(11-13-21)19-31-28(35)25(33)18-26(34)32-16-6-9-24(32)22-7-4-3-5-8-22/h3-5,7-8,10-14,17,24-25,33H,2,6,9,15-16,18-19H2,1H3,(H,30,36)(H,31,35)/t24?,25-/m1/s1. The van der Waals surface area contributed by atoms with E-state index in [2.05, 4.69) is 10.6 Å². The van der Waals surface area contributed by atoms with Crippen molar-refractivity contribution in [2.24, 2.45) is 0 Å². The number of rotatable bonds is 10. The van der Waals surface area contributed by atoms with Crippen molar-refractivity contribution in [1.29, 1.82) is 0 Å². The summed E-state index contributed by atoms with van der Waals surface area (Å²) in [5, 5.41) is 17.9. The fourth-order valence-corrected chi connectivity index (χ4v) is 5.43. The molecule has 1 aliphatic rings. The van der Waals surface area contributed by atoms with E-state index in [1.54, 1.807) is 4.90 Å². The molecular formula is C29H33N3O4S. The molecule has 1 saturated heterocycles. The van der Waals surface area contributed by atoms with E-state index < -0.39 is 12.0 Å². The second kappa shape index (κ2) is 12.7. The van der Waals surface area contributed by atoms with Crippen LogP contribution in [-0.2, 0) is 16.1 Å². The third kappa shape index (κ3) is 6.64. The van der Waals surface area contributed by atoms with Crippen molar-refractivity contribution < 1.29 is 19.5 Å². The molecule has 37 heavy (non-hydrogen) atoms. The topological polar surface area (TPSA) is 98.7 Å². The van der Waals surface area contributed by atoms with Gasteiger partial charge in [-0.15, -0.1) is 11.3 Å². The average Bonchev–Trinajstić information content (AvgIpc) is 3.61. The lowest BCUT2D eigenvalue weighted by Gasteiger charge is -2.26. The molecule has 8 heteroatoms. The van der Waals surface area contributed by atoms with Crippen LogP contribution in [0.25, 0.3) is 11.1 Å². The van der Waals surface area contributed by atoms with Crippen LogP contribution in [0.5, 0.6) is 0 Å². The SMILES string of the molecule is CCCNC(=O)c1sccc1-c1ccc(CNC(=O)[C@H](O)CC(=O)N2CCCC2c2ccccc2)cc1. The zero-order valence-corrected chi connectivity index (χ0v) is 21.8. The Balaban J connectivity index is 1.29. The van der Waals surface area contributed by atoms with Gasteiger partial charge < -0.3 is 20.6 Å². The van der Waals surface area contributed by atoms with Gasteiger partial charge in [0.05, 0.1) is 17.3 Å². The smallest absolute Gasteiger partial charge is 0.261 e. The molecule has 4 rings (SSSR count). The van der Waals surface area contributed by atoms with Gasteiger partial charge in [-0.25, -0.2) is 0 Å². The summed E-state index contributed by atoms with van der Waals surface area (Å²) in [6.45, 7) is 3.51. The van der Waals surface area contributed by atoms with Gasteiger partial charge in [0.1, 0.15) is 6.10 Å². The molecule has 1 fully saturated rings. The Kier molecular flexibility index (Phi) is 9.09. The maximum Gasteiger partial charge on any atom is 0.261 e. The minimum Gasteiger partial charge on any atom is -0.383 e. The van der Waals surface area contributed by atoms with E-state index in [0.717, 1.165) is 41.5 Å². The molecular weight excluding hydrogens is 486 g/mol. The number of thiophene rings is 1. The Morgan fingerprint density at radius 2 is 1.81 bits per heavy atom. The van der Waals surface area contributed by atoms with E-state index in [4.69, 9.17) is 0 Å². The van der Waals surface area contributed by atoms with E-state index >= 15 is 0 Å². The monoisotopic (exact) mass is 519 g/mol. The number of hydrogen-bond donors (Lipinski definition) is 3. The third-order valence-electron chi connectivity index (χ3n) is 6.57. The van der Waals surface area contributed by atoms with E-state index in [0.29, 0.717) is 18.0 Å². The number of nitrogens with one attached hydrogen (secondary N) is 2. The predicted octanol–water partition coefficient (Wildman–Crippen LogP) is 4.29. The summed E-state index contributed by atoms with van der Waals surface area (Å²) < 4.78 is 0. The molecule has 0 saturated carbocycles. The van der Waals surface area contributed by atoms with Gasteiger partial charge in [0, 0.05) is 25.2 Å². The Morgan fingerprint density at radius 1 is 1.05 bits per heavy atom. The first-order chi connectivity index (χ1) is 18.0. The number of nitrogens with zero attached hydrogens (tertiary/aromatic N) is 1. The second-order valence-corrected chi connectivity index (χ2v) is 10.1. The summed E-state index contributed by atoms with van der Waals surface area (Å²) in [6.07, 6.45) is 1.01. The van der Waals surface area contributed by atoms with Crippen LogP contribution in [0.3, 0.4) is 0 Å². The molecule has 0 spiro atoms. The van der Waals surface area contributed by atoms with Gasteiger partial charge in [-0.2, -0.15) is 0 Å². The normalized spacial score (nSPS) is 15.8. The molecule has 3 amide bonds. The summed E-state index contributed by atoms with van der Waals surface area (Å²) in [5.41, 5.74) is 3.72. The zero-order valence-electron chi connectivity index (χ0n) is 21.0. The van der Waals surface area contributed by atoms with Crippen LogP contribution in [-0.4, -0.2) is 46.9 Å². The molecule has 0 radical (unpaired) electrons. The first-order valence-electron chi connectivity index (χ1n) is 12.7. The highest BCUT2D eigenvalue weighted by molar-refractivity contribution is 7.12. The van der Waals surface area contributed by atoms with Crippen LogP contribution in [0.2, 0.25) is 0 Å². The van der Waals surface area contributed by atoms with Gasteiger partial charge in [0.2, 0.25) is 11.8 Å². The quantitative estimate of drug-likeness (QED) is 0.372. The number of amides is 3. The summed E-state index contributed by atoms with van der Waals surface area (Å²) in [4.78, 5) is 40.2. The highest BCUT2D eigenvalue weighted by Crippen LogP contribution is 2.32. The predicted molar refractivity (Wildman–Crippen MR) is 145 cm³/mol. The van der Waals surface area contributed by atoms with Gasteiger partial charge in [-0.3, -0.25) is 14.4 Å². The van der Waals surface area contributed by atoms with E-state index in [1.807, 2.05) is 73.0 Å². The molecule has 3 N–H and O–H groups in total. The Morgan fingerprint density at radius 3 is 2.54 bits per heavy atom. The number of hydrogen-bond acceptors (Lipinski definition) is 5. The number of benzene rings is 2. The molecule has 194 valence electrons. The average molecular weight is 520 g/mol. The van der Waals surface area contributed by atoms with Crippen LogP contribution < -0.4 is 10.6 Å². The maximum absolute atomic E-state index is 12.9. The van der Waals surface area contributed by atoms with Crippen molar-refractivity contribution in [3.05, 3.63) is 82.0 Å². The molecule has 0 bridgehead atoms. The molecule has 2 atom stereocenters. The molecule has 7 nitrogen and oxygen atoms in total. The maximum atomic E-state index is 12.9. The number of carbonyl (C=O) groups excluding carboxylic acids is 3. The van der Waals surface area contributed by atoms with E-state index in [1.165, 1.54) is 11.3 Å². The lowest BCUT2D eigenvalue weighted by Crippen LogP contribution is -2.39. The van der Waals surface area contributed by atoms with Gasteiger partial charge in [0.15, 0.2) is 0 Å². The lowest BCUT2D eigenvalue weighted by molar-refractivity contribution is -0.140. The van der Waals surface area contributed by atoms with Crippen molar-refractivity contribution >= 4 is 29.1 Å². The first kappa shape index (κ1) is 26.6. The molecule has 0 aliphatic carbocycles. The first-order valence-corrected chi connectivity index (χ1v) is 13.6. The number of aliphatic hydroxyl groups is 1. The van der Waals surface area contributed by atoms with E-state index in [9.17, 15) is 19.5 Å². The Labute approximate surface area is 221 Å². The Hall–Kier alpha value is -3.49. The molecule has 2 heterocycles. The fourth-order valence-electron chi connectivity index (χ4n) is 4.60. The number of likely N-dealkylation sites (tertiary alicyclic amines) is 1. The minimum absolute atomic E-state index is 0.0102. The largest absolute Gasteiger partial charge is 0.383 e. The van der Waals surface area contributed by atoms with Crippen LogP contribution in [0.1, 0.15) is 59.4 Å². The summed E-state index contributed by atoms with van der Waals surface area (Å²) in [6, 6.07) is 19.4. The van der Waals surface area contributed by atoms with Crippen molar-refractivity contribution in [1.82, 2.24) is 15.5 Å². The highest BCUT2D eigenvalue weighted by Gasteiger charge is 2.32. The van der Waals surface area contributed by atoms with Crippen LogP contribution in [0, 0.1) is 0 Å². The third-order valence-corrected chi connectivity index (χ3v) is 7.48. The summed E-state index contributed by atoms with van der Waals surface area (Å²) in [5.74, 6) is -0.857. The molecule has 1 unspecified atom stereocenters. The van der Waals surface area contributed by atoms with Gasteiger partial charge in [-0.05, 0) is 47.4 Å². The highest BCUT2D eigenvalue weighted by atomic mass is 32.1. The van der Waals surface area contributed by atoms with Crippen molar-refractivity contribution in [3.63, 3.8) is 0 Å². The zero-order chi connectivity index (χ0) is 26.2. The lowest BCUT2D eigenvalue weighted by atomic mass is 10.0. The molecule has 1 aliphatic heterocycles. The van der Waals surface area contributed by atoms with Crippen molar-refractivity contribution in [3.8, 4) is 11.1 Å². The van der Waals surface area contributed by atoms with Crippen molar-refractivity contribution in [2.45, 2.75) is 51.3 Å². The van der Waals surface area contributed by atoms with Gasteiger partial charge in [0.25, 0.3) is 5.91 Å². The summed E-state index contributed by atoms with van der Waals surface area (Å²) >= 11 is 1.41. The summed E-state index contributed by atoms with van der Waals surface area (Å²) in [7, 11) is 0. The van der Waals surface area contributed by atoms with Crippen LogP contribution in [0.15, 0.2) is 66.0 Å². The van der Waals surface area contributed by atoms with Crippen molar-refractivity contribution in [2.75, 3.05) is 13.1 Å². The molecule has 3 aromatic rings.